The normalized spacial score (nSPS) is 14.9. The van der Waals surface area contributed by atoms with Gasteiger partial charge in [0.15, 0.2) is 0 Å². The summed E-state index contributed by atoms with van der Waals surface area (Å²) < 4.78 is 11.2. The molecule has 7 atom stereocenters. The van der Waals surface area contributed by atoms with Crippen LogP contribution in [0.5, 0.6) is 0 Å². The highest BCUT2D eigenvalue weighted by atomic mass is 16.6. The number of carbonyl (C=O) groups is 7. The number of carbonyl (C=O) groups excluding carboxylic acids is 7. The van der Waals surface area contributed by atoms with Crippen molar-refractivity contribution >= 4 is 47.3 Å². The molecule has 0 aliphatic heterocycles. The highest BCUT2D eigenvalue weighted by Gasteiger charge is 2.39. The molecule has 0 saturated carbocycles. The number of rotatable bonds is 24. The van der Waals surface area contributed by atoms with E-state index in [-0.39, 0.29) is 55.6 Å². The second-order valence-electron chi connectivity index (χ2n) is 15.8. The van der Waals surface area contributed by atoms with Crippen LogP contribution in [0.3, 0.4) is 0 Å². The quantitative estimate of drug-likeness (QED) is 0.0746. The molecule has 1 aromatic carbocycles. The fourth-order valence-corrected chi connectivity index (χ4v) is 6.46. The van der Waals surface area contributed by atoms with Crippen molar-refractivity contribution in [2.45, 2.75) is 124 Å². The molecule has 58 heavy (non-hydrogen) atoms. The van der Waals surface area contributed by atoms with E-state index in [9.17, 15) is 33.6 Å². The Morgan fingerprint density at radius 1 is 0.793 bits per heavy atom. The third-order valence-corrected chi connectivity index (χ3v) is 10.2. The molecule has 8 amide bonds. The summed E-state index contributed by atoms with van der Waals surface area (Å²) in [5.74, 6) is -3.36. The van der Waals surface area contributed by atoms with Crippen molar-refractivity contribution in [2.24, 2.45) is 40.9 Å². The number of nitrogens with zero attached hydrogens (tertiary/aromatic N) is 2. The van der Waals surface area contributed by atoms with Gasteiger partial charge in [-0.2, -0.15) is 0 Å². The first-order valence-electron chi connectivity index (χ1n) is 19.8. The molecule has 328 valence electrons. The lowest BCUT2D eigenvalue weighted by atomic mass is 9.89. The highest BCUT2D eigenvalue weighted by molar-refractivity contribution is 5.98. The monoisotopic (exact) mass is 820 g/mol. The fourth-order valence-electron chi connectivity index (χ4n) is 6.46. The number of methoxy groups -OCH3 is 1. The zero-order valence-electron chi connectivity index (χ0n) is 36.1. The summed E-state index contributed by atoms with van der Waals surface area (Å²) in [6.45, 7) is 14.7. The van der Waals surface area contributed by atoms with E-state index in [0.29, 0.717) is 24.1 Å². The van der Waals surface area contributed by atoms with Crippen molar-refractivity contribution in [3.05, 3.63) is 29.8 Å². The molecule has 18 nitrogen and oxygen atoms in total. The smallest absolute Gasteiger partial charge is 0.410 e. The predicted octanol–water partition coefficient (Wildman–Crippen LogP) is 2.04. The number of likely N-dealkylation sites (N-methyl/N-ethyl adjacent to an activating group) is 2. The number of primary amides is 2. The lowest BCUT2D eigenvalue weighted by Gasteiger charge is -2.40. The van der Waals surface area contributed by atoms with E-state index in [1.165, 1.54) is 24.0 Å². The van der Waals surface area contributed by atoms with Crippen LogP contribution < -0.4 is 38.5 Å². The number of urea groups is 1. The van der Waals surface area contributed by atoms with E-state index in [0.717, 1.165) is 0 Å². The van der Waals surface area contributed by atoms with Gasteiger partial charge in [-0.15, -0.1) is 0 Å². The van der Waals surface area contributed by atoms with Gasteiger partial charge < -0.3 is 52.8 Å². The summed E-state index contributed by atoms with van der Waals surface area (Å²) in [6, 6.07) is 1.60. The van der Waals surface area contributed by atoms with E-state index in [1.807, 2.05) is 13.8 Å². The van der Waals surface area contributed by atoms with Crippen molar-refractivity contribution < 1.29 is 43.0 Å². The minimum absolute atomic E-state index is 0.0588. The second-order valence-corrected chi connectivity index (χ2v) is 15.8. The minimum atomic E-state index is -0.994. The maximum Gasteiger partial charge on any atom is 0.410 e. The Kier molecular flexibility index (Phi) is 21.8. The van der Waals surface area contributed by atoms with Crippen molar-refractivity contribution in [2.75, 3.05) is 33.1 Å². The fraction of sp³-hybridized carbons (Fsp3) is 0.675. The molecule has 18 heteroatoms. The molecule has 0 bridgehead atoms. The van der Waals surface area contributed by atoms with E-state index < -0.39 is 72.1 Å². The largest absolute Gasteiger partial charge is 0.445 e. The van der Waals surface area contributed by atoms with Crippen molar-refractivity contribution in [1.82, 2.24) is 25.8 Å². The molecule has 0 spiro atoms. The minimum Gasteiger partial charge on any atom is -0.445 e. The molecule has 0 aliphatic carbocycles. The predicted molar refractivity (Wildman–Crippen MR) is 221 cm³/mol. The maximum absolute atomic E-state index is 14.0. The first-order valence-corrected chi connectivity index (χ1v) is 19.8. The number of hydrogen-bond donors (Lipinski definition) is 7. The summed E-state index contributed by atoms with van der Waals surface area (Å²) >= 11 is 0. The Morgan fingerprint density at radius 2 is 1.40 bits per heavy atom. The van der Waals surface area contributed by atoms with Crippen LogP contribution in [0.2, 0.25) is 0 Å². The molecule has 0 aromatic heterocycles. The molecule has 0 heterocycles. The van der Waals surface area contributed by atoms with E-state index in [2.05, 4.69) is 21.3 Å². The van der Waals surface area contributed by atoms with E-state index in [1.54, 1.807) is 72.9 Å². The summed E-state index contributed by atoms with van der Waals surface area (Å²) in [5.41, 5.74) is 17.6. The average Bonchev–Trinajstić information content (AvgIpc) is 3.15. The van der Waals surface area contributed by atoms with Crippen molar-refractivity contribution in [3.63, 3.8) is 0 Å². The Hall–Kier alpha value is -4.97. The topological polar surface area (TPSA) is 271 Å². The average molecular weight is 820 g/mol. The zero-order chi connectivity index (χ0) is 44.4. The SMILES string of the molecule is CC[C@H](C)[C@@H]([C@@H](CC(N)=O)OC)N(C)C(=O)[C@@H](NC(=O)[C@H](C(C)C)N(C)C(=O)OCc1ccc(NC(=O)[C@H](CCCNC(N)=O)NC(=O)[C@@H](N)C(C)C)cc1)C(C)C. The van der Waals surface area contributed by atoms with Gasteiger partial charge >= 0.3 is 12.1 Å². The van der Waals surface area contributed by atoms with Crippen LogP contribution in [-0.2, 0) is 40.1 Å². The maximum atomic E-state index is 14.0. The van der Waals surface area contributed by atoms with Crippen LogP contribution in [0.1, 0.15) is 86.6 Å². The molecule has 0 unspecified atom stereocenters. The Bertz CT molecular complexity index is 1520. The van der Waals surface area contributed by atoms with Crippen LogP contribution in [0.4, 0.5) is 15.3 Å². The number of ether oxygens (including phenoxy) is 2. The number of hydrogen-bond acceptors (Lipinski definition) is 10. The van der Waals surface area contributed by atoms with Crippen LogP contribution in [0.25, 0.3) is 0 Å². The van der Waals surface area contributed by atoms with Crippen molar-refractivity contribution in [1.29, 1.82) is 0 Å². The number of nitrogens with two attached hydrogens (primary N) is 3. The van der Waals surface area contributed by atoms with Crippen LogP contribution in [-0.4, -0.2) is 116 Å². The first-order chi connectivity index (χ1) is 27.1. The first kappa shape index (κ1) is 51.0. The Labute approximate surface area is 343 Å². The van der Waals surface area contributed by atoms with E-state index >= 15 is 0 Å². The standard InChI is InChI=1S/C40H69N9O9/c1-12-25(8)34(29(57-11)20-30(41)50)48(9)38(54)32(23(4)5)47-37(53)33(24(6)7)49(10)40(56)58-21-26-15-17-27(18-16-26)45-35(51)28(14-13-19-44-39(43)55)46-36(52)31(42)22(2)3/h15-18,22-25,28-29,31-34H,12-14,19-21,42H2,1-11H3,(H2,41,50)(H,45,51)(H,46,52)(H,47,53)(H3,43,44,55)/t25-,28-,29+,31-,32-,33-,34-/m0/s1. The molecule has 0 radical (unpaired) electrons. The number of nitrogens with one attached hydrogen (secondary N) is 4. The summed E-state index contributed by atoms with van der Waals surface area (Å²) in [5, 5.41) is 10.8. The Balaban J connectivity index is 3.05. The third kappa shape index (κ3) is 16.1. The lowest BCUT2D eigenvalue weighted by molar-refractivity contribution is -0.144. The van der Waals surface area contributed by atoms with Crippen molar-refractivity contribution in [3.8, 4) is 0 Å². The Morgan fingerprint density at radius 3 is 1.88 bits per heavy atom. The number of benzene rings is 1. The van der Waals surface area contributed by atoms with Gasteiger partial charge in [0.25, 0.3) is 0 Å². The molecular formula is C40H69N9O9. The van der Waals surface area contributed by atoms with Gasteiger partial charge in [-0.1, -0.05) is 73.9 Å². The van der Waals surface area contributed by atoms with Gasteiger partial charge in [-0.3, -0.25) is 28.9 Å². The molecule has 10 N–H and O–H groups in total. The van der Waals surface area contributed by atoms with Gasteiger partial charge in [-0.05, 0) is 54.2 Å². The van der Waals surface area contributed by atoms with Gasteiger partial charge in [-0.25, -0.2) is 9.59 Å². The third-order valence-electron chi connectivity index (χ3n) is 10.2. The van der Waals surface area contributed by atoms with E-state index in [4.69, 9.17) is 26.7 Å². The molecule has 0 aliphatic rings. The zero-order valence-corrected chi connectivity index (χ0v) is 36.1. The molecular weight excluding hydrogens is 750 g/mol. The van der Waals surface area contributed by atoms with Crippen LogP contribution >= 0.6 is 0 Å². The highest BCUT2D eigenvalue weighted by Crippen LogP contribution is 2.24. The summed E-state index contributed by atoms with van der Waals surface area (Å²) in [7, 11) is 4.53. The van der Waals surface area contributed by atoms with Gasteiger partial charge in [0.05, 0.1) is 24.6 Å². The van der Waals surface area contributed by atoms with Gasteiger partial charge in [0.1, 0.15) is 24.7 Å². The molecule has 0 fully saturated rings. The van der Waals surface area contributed by atoms with Crippen LogP contribution in [0.15, 0.2) is 24.3 Å². The second kappa shape index (κ2) is 24.7. The summed E-state index contributed by atoms with van der Waals surface area (Å²) in [4.78, 5) is 92.6. The molecule has 1 aromatic rings. The lowest BCUT2D eigenvalue weighted by Crippen LogP contribution is -2.60. The number of anilines is 1. The molecule has 0 saturated heterocycles. The molecule has 1 rings (SSSR count). The summed E-state index contributed by atoms with van der Waals surface area (Å²) in [6.07, 6.45) is -0.250. The van der Waals surface area contributed by atoms with Crippen LogP contribution in [0, 0.1) is 23.7 Å². The van der Waals surface area contributed by atoms with Gasteiger partial charge in [0.2, 0.25) is 29.5 Å². The van der Waals surface area contributed by atoms with Gasteiger partial charge in [0, 0.05) is 33.4 Å². The number of amides is 8.